The molecule has 2 aromatic rings. The maximum absolute atomic E-state index is 6.01. The summed E-state index contributed by atoms with van der Waals surface area (Å²) in [5, 5.41) is 1.45. The van der Waals surface area contributed by atoms with Crippen molar-refractivity contribution >= 4 is 68.4 Å². The van der Waals surface area contributed by atoms with Crippen molar-refractivity contribution in [1.29, 1.82) is 0 Å². The predicted molar refractivity (Wildman–Crippen MR) is 109 cm³/mol. The van der Waals surface area contributed by atoms with Crippen LogP contribution in [0, 0.1) is 14.1 Å². The third-order valence-corrected chi connectivity index (χ3v) is 4.98. The van der Waals surface area contributed by atoms with Crippen molar-refractivity contribution in [2.24, 2.45) is 0 Å². The van der Waals surface area contributed by atoms with Gasteiger partial charge in [0, 0.05) is 16.5 Å². The molecule has 118 valence electrons. The van der Waals surface area contributed by atoms with Crippen LogP contribution in [0.15, 0.2) is 30.3 Å². The first-order valence-corrected chi connectivity index (χ1v) is 9.55. The maximum atomic E-state index is 6.01. The fourth-order valence-electron chi connectivity index (χ4n) is 1.88. The van der Waals surface area contributed by atoms with E-state index >= 15 is 0 Å². The number of aryl methyl sites for hydroxylation is 1. The SMILES string of the molecule is Cc1cc(Cl)cc(I)c1OCCCOc1ccc(Cl)cc1I. The van der Waals surface area contributed by atoms with Crippen LogP contribution in [-0.2, 0) is 0 Å². The van der Waals surface area contributed by atoms with Crippen molar-refractivity contribution in [2.45, 2.75) is 13.3 Å². The third-order valence-electron chi connectivity index (χ3n) is 2.88. The van der Waals surface area contributed by atoms with Gasteiger partial charge in [-0.25, -0.2) is 0 Å². The van der Waals surface area contributed by atoms with Gasteiger partial charge in [0.2, 0.25) is 0 Å². The molecule has 2 nitrogen and oxygen atoms in total. The molecule has 0 aliphatic heterocycles. The van der Waals surface area contributed by atoms with Crippen LogP contribution in [0.5, 0.6) is 11.5 Å². The molecule has 6 heteroatoms. The van der Waals surface area contributed by atoms with Gasteiger partial charge in [-0.15, -0.1) is 0 Å². The molecule has 0 aliphatic carbocycles. The van der Waals surface area contributed by atoms with Gasteiger partial charge in [-0.2, -0.15) is 0 Å². The summed E-state index contributed by atoms with van der Waals surface area (Å²) in [4.78, 5) is 0. The Balaban J connectivity index is 1.80. The Morgan fingerprint density at radius 3 is 2.27 bits per heavy atom. The zero-order valence-electron chi connectivity index (χ0n) is 11.8. The molecule has 0 atom stereocenters. The molecular weight excluding hydrogens is 549 g/mol. The zero-order chi connectivity index (χ0) is 16.1. The van der Waals surface area contributed by atoms with Gasteiger partial charge < -0.3 is 9.47 Å². The first-order valence-electron chi connectivity index (χ1n) is 6.63. The van der Waals surface area contributed by atoms with Crippen molar-refractivity contribution in [1.82, 2.24) is 0 Å². The average molecular weight is 563 g/mol. The molecule has 0 fully saturated rings. The molecule has 0 aliphatic rings. The summed E-state index contributed by atoms with van der Waals surface area (Å²) in [5.74, 6) is 1.74. The van der Waals surface area contributed by atoms with Gasteiger partial charge in [0.1, 0.15) is 11.5 Å². The molecule has 0 saturated carbocycles. The van der Waals surface area contributed by atoms with Crippen molar-refractivity contribution in [3.05, 3.63) is 53.1 Å². The lowest BCUT2D eigenvalue weighted by Crippen LogP contribution is -2.07. The minimum atomic E-state index is 0.598. The smallest absolute Gasteiger partial charge is 0.135 e. The lowest BCUT2D eigenvalue weighted by atomic mass is 10.2. The molecule has 0 spiro atoms. The van der Waals surface area contributed by atoms with Gasteiger partial charge in [0.05, 0.1) is 20.4 Å². The monoisotopic (exact) mass is 562 g/mol. The van der Waals surface area contributed by atoms with E-state index in [2.05, 4.69) is 45.2 Å². The summed E-state index contributed by atoms with van der Waals surface area (Å²) in [6, 6.07) is 9.41. The van der Waals surface area contributed by atoms with Crippen molar-refractivity contribution in [3.63, 3.8) is 0 Å². The quantitative estimate of drug-likeness (QED) is 0.301. The first kappa shape index (κ1) is 18.4. The summed E-state index contributed by atoms with van der Waals surface area (Å²) in [5.41, 5.74) is 1.05. The highest BCUT2D eigenvalue weighted by molar-refractivity contribution is 14.1. The van der Waals surface area contributed by atoms with Crippen LogP contribution in [0.1, 0.15) is 12.0 Å². The summed E-state index contributed by atoms with van der Waals surface area (Å²) >= 11 is 16.4. The highest BCUT2D eigenvalue weighted by Gasteiger charge is 2.07. The molecular formula is C16H14Cl2I2O2. The zero-order valence-corrected chi connectivity index (χ0v) is 17.7. The molecule has 0 saturated heterocycles. The second-order valence-corrected chi connectivity index (χ2v) is 7.86. The predicted octanol–water partition coefficient (Wildman–Crippen LogP) is 6.36. The fraction of sp³-hybridized carbons (Fsp3) is 0.250. The average Bonchev–Trinajstić information content (AvgIpc) is 2.42. The summed E-state index contributed by atoms with van der Waals surface area (Å²) in [7, 11) is 0. The highest BCUT2D eigenvalue weighted by Crippen LogP contribution is 2.29. The largest absolute Gasteiger partial charge is 0.492 e. The fourth-order valence-corrected chi connectivity index (χ4v) is 4.28. The Labute approximate surface area is 167 Å². The van der Waals surface area contributed by atoms with Gasteiger partial charge in [-0.3, -0.25) is 0 Å². The highest BCUT2D eigenvalue weighted by atomic mass is 127. The number of rotatable bonds is 6. The molecule has 2 aromatic carbocycles. The minimum absolute atomic E-state index is 0.598. The molecule has 0 bridgehead atoms. The van der Waals surface area contributed by atoms with E-state index in [1.54, 1.807) is 0 Å². The van der Waals surface area contributed by atoms with Crippen molar-refractivity contribution in [2.75, 3.05) is 13.2 Å². The second-order valence-electron chi connectivity index (χ2n) is 4.66. The minimum Gasteiger partial charge on any atom is -0.492 e. The summed E-state index contributed by atoms with van der Waals surface area (Å²) < 4.78 is 13.6. The first-order chi connectivity index (χ1) is 10.5. The molecule has 0 N–H and O–H groups in total. The van der Waals surface area contributed by atoms with Crippen LogP contribution in [0.2, 0.25) is 10.0 Å². The third kappa shape index (κ3) is 5.32. The van der Waals surface area contributed by atoms with Gasteiger partial charge >= 0.3 is 0 Å². The van der Waals surface area contributed by atoms with E-state index in [0.29, 0.717) is 18.2 Å². The van der Waals surface area contributed by atoms with Crippen LogP contribution < -0.4 is 9.47 Å². The van der Waals surface area contributed by atoms with E-state index in [0.717, 1.165) is 35.6 Å². The lowest BCUT2D eigenvalue weighted by Gasteiger charge is -2.12. The lowest BCUT2D eigenvalue weighted by molar-refractivity contribution is 0.245. The van der Waals surface area contributed by atoms with Crippen LogP contribution in [0.25, 0.3) is 0 Å². The molecule has 0 heterocycles. The maximum Gasteiger partial charge on any atom is 0.135 e. The summed E-state index contributed by atoms with van der Waals surface area (Å²) in [6.45, 7) is 3.19. The van der Waals surface area contributed by atoms with Crippen LogP contribution >= 0.6 is 68.4 Å². The van der Waals surface area contributed by atoms with Crippen molar-refractivity contribution in [3.8, 4) is 11.5 Å². The summed E-state index contributed by atoms with van der Waals surface area (Å²) in [6.07, 6.45) is 0.802. The number of ether oxygens (including phenoxy) is 2. The van der Waals surface area contributed by atoms with E-state index in [1.807, 2.05) is 37.3 Å². The van der Waals surface area contributed by atoms with Gasteiger partial charge in [0.15, 0.2) is 0 Å². The molecule has 0 amide bonds. The molecule has 0 unspecified atom stereocenters. The Morgan fingerprint density at radius 1 is 0.909 bits per heavy atom. The molecule has 2 rings (SSSR count). The number of hydrogen-bond donors (Lipinski definition) is 0. The van der Waals surface area contributed by atoms with E-state index in [-0.39, 0.29) is 0 Å². The van der Waals surface area contributed by atoms with Crippen LogP contribution in [0.4, 0.5) is 0 Å². The van der Waals surface area contributed by atoms with Crippen LogP contribution in [-0.4, -0.2) is 13.2 Å². The van der Waals surface area contributed by atoms with Gasteiger partial charge in [-0.1, -0.05) is 23.2 Å². The second kappa shape index (κ2) is 8.80. The van der Waals surface area contributed by atoms with Gasteiger partial charge in [-0.05, 0) is 88.0 Å². The van der Waals surface area contributed by atoms with Gasteiger partial charge in [0.25, 0.3) is 0 Å². The Kier molecular flexibility index (Phi) is 7.37. The Hall–Kier alpha value is 0.0800. The van der Waals surface area contributed by atoms with Crippen LogP contribution in [0.3, 0.4) is 0 Å². The molecule has 0 aromatic heterocycles. The number of halogens is 4. The number of hydrogen-bond acceptors (Lipinski definition) is 2. The molecule has 22 heavy (non-hydrogen) atoms. The standard InChI is InChI=1S/C16H14Cl2I2O2/c1-10-7-12(18)9-14(20)16(10)22-6-2-5-21-15-4-3-11(17)8-13(15)19/h3-4,7-9H,2,5-6H2,1H3. The number of benzene rings is 2. The van der Waals surface area contributed by atoms with E-state index in [4.69, 9.17) is 32.7 Å². The van der Waals surface area contributed by atoms with Crippen molar-refractivity contribution < 1.29 is 9.47 Å². The van der Waals surface area contributed by atoms with E-state index in [1.165, 1.54) is 0 Å². The van der Waals surface area contributed by atoms with E-state index in [9.17, 15) is 0 Å². The Bertz CT molecular complexity index is 640. The Morgan fingerprint density at radius 2 is 1.59 bits per heavy atom. The topological polar surface area (TPSA) is 18.5 Å². The van der Waals surface area contributed by atoms with E-state index < -0.39 is 0 Å². The molecule has 0 radical (unpaired) electrons. The normalized spacial score (nSPS) is 10.6.